The number of nitrogens with zero attached hydrogens (tertiary/aromatic N) is 3. The summed E-state index contributed by atoms with van der Waals surface area (Å²) >= 11 is 7.90. The van der Waals surface area contributed by atoms with Gasteiger partial charge in [-0.05, 0) is 36.4 Å². The van der Waals surface area contributed by atoms with Gasteiger partial charge in [-0.2, -0.15) is 0 Å². The van der Waals surface area contributed by atoms with Crippen LogP contribution in [0.5, 0.6) is 0 Å². The molecule has 0 unspecified atom stereocenters. The molecule has 1 amide bonds. The second-order valence-corrected chi connectivity index (χ2v) is 8.09. The van der Waals surface area contributed by atoms with Gasteiger partial charge in [0, 0.05) is 44.8 Å². The molecular weight excluding hydrogens is 399 g/mol. The van der Waals surface area contributed by atoms with Gasteiger partial charge in [-0.1, -0.05) is 29.0 Å². The number of hydrogen-bond donors (Lipinski definition) is 1. The minimum absolute atomic E-state index is 0.176. The average molecular weight is 419 g/mol. The summed E-state index contributed by atoms with van der Waals surface area (Å²) in [5.74, 6) is -0.519. The second-order valence-electron chi connectivity index (χ2n) is 6.67. The third-order valence-electron chi connectivity index (χ3n) is 4.82. The van der Waals surface area contributed by atoms with E-state index in [0.717, 1.165) is 48.1 Å². The third kappa shape index (κ3) is 4.27. The number of carbonyl (C=O) groups is 1. The predicted octanol–water partition coefficient (Wildman–Crippen LogP) is 3.64. The van der Waals surface area contributed by atoms with E-state index in [1.807, 2.05) is 18.2 Å². The highest BCUT2D eigenvalue weighted by molar-refractivity contribution is 7.22. The normalized spacial score (nSPS) is 15.1. The predicted molar refractivity (Wildman–Crippen MR) is 112 cm³/mol. The molecule has 1 fully saturated rings. The van der Waals surface area contributed by atoms with Gasteiger partial charge in [-0.15, -0.1) is 0 Å². The molecule has 5 nitrogen and oxygen atoms in total. The molecule has 28 heavy (non-hydrogen) atoms. The lowest BCUT2D eigenvalue weighted by molar-refractivity contribution is 0.0947. The number of halogens is 2. The van der Waals surface area contributed by atoms with E-state index in [-0.39, 0.29) is 11.7 Å². The molecule has 146 valence electrons. The molecule has 2 heterocycles. The van der Waals surface area contributed by atoms with E-state index < -0.39 is 0 Å². The molecular formula is C20H20ClFN4OS. The van der Waals surface area contributed by atoms with Crippen LogP contribution in [0.4, 0.5) is 9.52 Å². The fourth-order valence-corrected chi connectivity index (χ4v) is 4.55. The van der Waals surface area contributed by atoms with Gasteiger partial charge in [0.05, 0.1) is 9.72 Å². The first-order chi connectivity index (χ1) is 13.6. The van der Waals surface area contributed by atoms with Crippen LogP contribution in [0.15, 0.2) is 42.5 Å². The van der Waals surface area contributed by atoms with Crippen LogP contribution in [0.1, 0.15) is 10.4 Å². The Labute approximate surface area is 171 Å². The highest BCUT2D eigenvalue weighted by atomic mass is 35.5. The Morgan fingerprint density at radius 3 is 2.61 bits per heavy atom. The minimum atomic E-state index is -0.343. The van der Waals surface area contributed by atoms with Gasteiger partial charge in [0.15, 0.2) is 5.13 Å². The van der Waals surface area contributed by atoms with E-state index in [2.05, 4.69) is 15.1 Å². The number of rotatable bonds is 5. The first kappa shape index (κ1) is 19.1. The lowest BCUT2D eigenvalue weighted by Crippen LogP contribution is -2.48. The van der Waals surface area contributed by atoms with E-state index in [4.69, 9.17) is 16.6 Å². The fourth-order valence-electron chi connectivity index (χ4n) is 3.23. The number of fused-ring (bicyclic) bond motifs is 1. The molecule has 1 aliphatic rings. The van der Waals surface area contributed by atoms with Crippen molar-refractivity contribution in [3.63, 3.8) is 0 Å². The molecule has 1 N–H and O–H groups in total. The van der Waals surface area contributed by atoms with Gasteiger partial charge < -0.3 is 10.2 Å². The van der Waals surface area contributed by atoms with E-state index in [0.29, 0.717) is 17.1 Å². The first-order valence-electron chi connectivity index (χ1n) is 9.16. The SMILES string of the molecule is O=C(NCCN1CCN(c2nc3c(Cl)cccc3s2)CC1)c1ccc(F)cc1. The van der Waals surface area contributed by atoms with E-state index in [9.17, 15) is 9.18 Å². The number of carbonyl (C=O) groups excluding carboxylic acids is 1. The number of hydrogen-bond acceptors (Lipinski definition) is 5. The van der Waals surface area contributed by atoms with Crippen molar-refractivity contribution in [3.05, 3.63) is 58.9 Å². The molecule has 1 aromatic heterocycles. The maximum atomic E-state index is 12.9. The first-order valence-corrected chi connectivity index (χ1v) is 10.4. The molecule has 1 saturated heterocycles. The molecule has 8 heteroatoms. The average Bonchev–Trinajstić information content (AvgIpc) is 3.15. The number of piperazine rings is 1. The quantitative estimate of drug-likeness (QED) is 0.687. The van der Waals surface area contributed by atoms with Crippen LogP contribution in [0.3, 0.4) is 0 Å². The monoisotopic (exact) mass is 418 g/mol. The highest BCUT2D eigenvalue weighted by Crippen LogP contribution is 2.33. The van der Waals surface area contributed by atoms with Crippen molar-refractivity contribution < 1.29 is 9.18 Å². The molecule has 2 aromatic carbocycles. The Kier molecular flexibility index (Phi) is 5.75. The molecule has 0 radical (unpaired) electrons. The van der Waals surface area contributed by atoms with Crippen LogP contribution in [-0.4, -0.2) is 55.1 Å². The maximum Gasteiger partial charge on any atom is 0.251 e. The van der Waals surface area contributed by atoms with E-state index in [1.54, 1.807) is 11.3 Å². The van der Waals surface area contributed by atoms with Gasteiger partial charge in [-0.25, -0.2) is 9.37 Å². The zero-order valence-corrected chi connectivity index (χ0v) is 16.8. The van der Waals surface area contributed by atoms with Crippen LogP contribution < -0.4 is 10.2 Å². The van der Waals surface area contributed by atoms with Crippen molar-refractivity contribution in [2.75, 3.05) is 44.2 Å². The Balaban J connectivity index is 1.25. The topological polar surface area (TPSA) is 48.5 Å². The Hall–Kier alpha value is -2.22. The minimum Gasteiger partial charge on any atom is -0.351 e. The lowest BCUT2D eigenvalue weighted by Gasteiger charge is -2.34. The van der Waals surface area contributed by atoms with Crippen molar-refractivity contribution in [2.45, 2.75) is 0 Å². The number of benzene rings is 2. The van der Waals surface area contributed by atoms with Crippen LogP contribution in [0, 0.1) is 5.82 Å². The molecule has 0 bridgehead atoms. The number of anilines is 1. The van der Waals surface area contributed by atoms with E-state index >= 15 is 0 Å². The molecule has 0 aliphatic carbocycles. The molecule has 1 aliphatic heterocycles. The summed E-state index contributed by atoms with van der Waals surface area (Å²) < 4.78 is 14.0. The molecule has 3 aromatic rings. The molecule has 4 rings (SSSR count). The largest absolute Gasteiger partial charge is 0.351 e. The fraction of sp³-hybridized carbons (Fsp3) is 0.300. The zero-order chi connectivity index (χ0) is 19.5. The number of amides is 1. The molecule has 0 saturated carbocycles. The lowest BCUT2D eigenvalue weighted by atomic mass is 10.2. The summed E-state index contributed by atoms with van der Waals surface area (Å²) in [5.41, 5.74) is 1.34. The summed E-state index contributed by atoms with van der Waals surface area (Å²) in [4.78, 5) is 21.4. The van der Waals surface area contributed by atoms with Crippen molar-refractivity contribution in [2.24, 2.45) is 0 Å². The summed E-state index contributed by atoms with van der Waals surface area (Å²) in [6.07, 6.45) is 0. The van der Waals surface area contributed by atoms with Crippen LogP contribution in [0.25, 0.3) is 10.2 Å². The number of nitrogens with one attached hydrogen (secondary N) is 1. The summed E-state index contributed by atoms with van der Waals surface area (Å²) in [5, 5.41) is 4.59. The second kappa shape index (κ2) is 8.43. The smallest absolute Gasteiger partial charge is 0.251 e. The van der Waals surface area contributed by atoms with Gasteiger partial charge in [0.2, 0.25) is 0 Å². The number of para-hydroxylation sites is 1. The number of thiazole rings is 1. The Bertz CT molecular complexity index is 970. The van der Waals surface area contributed by atoms with Gasteiger partial charge >= 0.3 is 0 Å². The van der Waals surface area contributed by atoms with Crippen molar-refractivity contribution in [3.8, 4) is 0 Å². The third-order valence-corrected chi connectivity index (χ3v) is 6.21. The van der Waals surface area contributed by atoms with Crippen LogP contribution in [0.2, 0.25) is 5.02 Å². The van der Waals surface area contributed by atoms with Crippen LogP contribution in [-0.2, 0) is 0 Å². The van der Waals surface area contributed by atoms with Gasteiger partial charge in [0.1, 0.15) is 11.3 Å². The summed E-state index contributed by atoms with van der Waals surface area (Å²) in [6, 6.07) is 11.4. The zero-order valence-electron chi connectivity index (χ0n) is 15.2. The maximum absolute atomic E-state index is 12.9. The molecule has 0 spiro atoms. The Morgan fingerprint density at radius 2 is 1.89 bits per heavy atom. The van der Waals surface area contributed by atoms with Gasteiger partial charge in [0.25, 0.3) is 5.91 Å². The van der Waals surface area contributed by atoms with E-state index in [1.165, 1.54) is 24.3 Å². The standard InChI is InChI=1S/C20H20ClFN4OS/c21-16-2-1-3-17-18(16)24-20(28-17)26-12-10-25(11-13-26)9-8-23-19(27)14-4-6-15(22)7-5-14/h1-7H,8-13H2,(H,23,27). The highest BCUT2D eigenvalue weighted by Gasteiger charge is 2.20. The van der Waals surface area contributed by atoms with Crippen molar-refractivity contribution in [1.82, 2.24) is 15.2 Å². The number of aromatic nitrogens is 1. The summed E-state index contributed by atoms with van der Waals surface area (Å²) in [6.45, 7) is 4.96. The van der Waals surface area contributed by atoms with Crippen LogP contribution >= 0.6 is 22.9 Å². The van der Waals surface area contributed by atoms with Crippen molar-refractivity contribution in [1.29, 1.82) is 0 Å². The Morgan fingerprint density at radius 1 is 1.14 bits per heavy atom. The summed E-state index contributed by atoms with van der Waals surface area (Å²) in [7, 11) is 0. The van der Waals surface area contributed by atoms with Gasteiger partial charge in [-0.3, -0.25) is 9.69 Å². The van der Waals surface area contributed by atoms with Crippen molar-refractivity contribution >= 4 is 44.2 Å². The molecule has 0 atom stereocenters.